The van der Waals surface area contributed by atoms with E-state index in [2.05, 4.69) is 59.5 Å². The number of halogens is 1. The molecule has 3 aromatic rings. The van der Waals surface area contributed by atoms with Crippen LogP contribution >= 0.6 is 11.6 Å². The van der Waals surface area contributed by atoms with Gasteiger partial charge >= 0.3 is 6.09 Å². The molecule has 0 saturated carbocycles. The van der Waals surface area contributed by atoms with Gasteiger partial charge in [0, 0.05) is 69.6 Å². The van der Waals surface area contributed by atoms with E-state index >= 15 is 0 Å². The van der Waals surface area contributed by atoms with Gasteiger partial charge in [0.15, 0.2) is 0 Å². The highest BCUT2D eigenvalue weighted by Gasteiger charge is 2.38. The molecule has 2 aromatic heterocycles. The van der Waals surface area contributed by atoms with Crippen LogP contribution in [0.1, 0.15) is 51.6 Å². The normalized spacial score (nSPS) is 19.1. The summed E-state index contributed by atoms with van der Waals surface area (Å²) in [5.41, 5.74) is 0.988. The average Bonchev–Trinajstić information content (AvgIpc) is 3.43. The number of nitrogens with zero attached hydrogens (tertiary/aromatic N) is 5. The fourth-order valence-electron chi connectivity index (χ4n) is 5.91. The molecule has 228 valence electrons. The van der Waals surface area contributed by atoms with Gasteiger partial charge in [-0.1, -0.05) is 23.7 Å². The van der Waals surface area contributed by atoms with Crippen molar-refractivity contribution in [1.29, 1.82) is 0 Å². The number of piperazine rings is 1. The van der Waals surface area contributed by atoms with Crippen LogP contribution in [0.25, 0.3) is 11.0 Å². The second-order valence-corrected chi connectivity index (χ2v) is 13.2. The minimum absolute atomic E-state index is 0.124. The molecular formula is C31H45ClN8O2. The lowest BCUT2D eigenvalue weighted by molar-refractivity contribution is 0.0431. The summed E-state index contributed by atoms with van der Waals surface area (Å²) >= 11 is 6.24. The lowest BCUT2D eigenvalue weighted by Crippen LogP contribution is -2.61. The van der Waals surface area contributed by atoms with Crippen molar-refractivity contribution in [2.24, 2.45) is 0 Å². The molecule has 11 heteroatoms. The minimum atomic E-state index is -0.575. The molecule has 2 saturated heterocycles. The number of likely N-dealkylation sites (N-methyl/N-ethyl adjacent to an activating group) is 1. The van der Waals surface area contributed by atoms with Crippen molar-refractivity contribution in [2.45, 2.75) is 57.2 Å². The van der Waals surface area contributed by atoms with Crippen LogP contribution in [0.15, 0.2) is 42.9 Å². The van der Waals surface area contributed by atoms with E-state index in [1.165, 1.54) is 5.56 Å². The zero-order valence-corrected chi connectivity index (χ0v) is 26.1. The quantitative estimate of drug-likeness (QED) is 0.333. The Kier molecular flexibility index (Phi) is 9.57. The predicted molar refractivity (Wildman–Crippen MR) is 168 cm³/mol. The number of piperidine rings is 1. The largest absolute Gasteiger partial charge is 0.444 e. The number of rotatable bonds is 9. The zero-order valence-electron chi connectivity index (χ0n) is 25.3. The maximum Gasteiger partial charge on any atom is 0.408 e. The Morgan fingerprint density at radius 2 is 1.79 bits per heavy atom. The summed E-state index contributed by atoms with van der Waals surface area (Å²) in [5.74, 6) is 0.922. The summed E-state index contributed by atoms with van der Waals surface area (Å²) in [6.07, 6.45) is 5.58. The van der Waals surface area contributed by atoms with Crippen LogP contribution in [-0.4, -0.2) is 101 Å². The second kappa shape index (κ2) is 13.2. The summed E-state index contributed by atoms with van der Waals surface area (Å²) in [6.45, 7) is 13.2. The number of anilines is 1. The number of carbonyl (C=O) groups excluding carboxylic acids is 1. The van der Waals surface area contributed by atoms with Crippen LogP contribution in [-0.2, 0) is 4.74 Å². The van der Waals surface area contributed by atoms with E-state index in [0.717, 1.165) is 86.9 Å². The highest BCUT2D eigenvalue weighted by Crippen LogP contribution is 2.30. The van der Waals surface area contributed by atoms with E-state index in [-0.39, 0.29) is 12.1 Å². The summed E-state index contributed by atoms with van der Waals surface area (Å²) in [6, 6.07) is 10.3. The highest BCUT2D eigenvalue weighted by atomic mass is 35.5. The molecule has 5 rings (SSSR count). The van der Waals surface area contributed by atoms with E-state index < -0.39 is 11.1 Å². The van der Waals surface area contributed by atoms with Gasteiger partial charge < -0.3 is 35.1 Å². The smallest absolute Gasteiger partial charge is 0.408 e. The van der Waals surface area contributed by atoms with Crippen molar-refractivity contribution in [3.05, 3.63) is 53.4 Å². The topological polar surface area (TPSA) is 102 Å². The van der Waals surface area contributed by atoms with E-state index in [9.17, 15) is 4.79 Å². The third kappa shape index (κ3) is 7.92. The number of benzene rings is 1. The number of fused-ring (bicyclic) bond motifs is 1. The number of carbonyl (C=O) groups is 1. The molecule has 0 radical (unpaired) electrons. The number of amides is 1. The Bertz CT molecular complexity index is 1310. The van der Waals surface area contributed by atoms with E-state index in [1.807, 2.05) is 45.2 Å². The molecule has 1 atom stereocenters. The van der Waals surface area contributed by atoms with E-state index in [1.54, 1.807) is 6.33 Å². The van der Waals surface area contributed by atoms with Crippen LogP contribution < -0.4 is 15.5 Å². The standard InChI is InChI=1S/C31H45ClN8O2/c1-30(2,3)42-29(41)37-31(11-15-40(16-12-31)28-25-9-13-33-27(25)35-22-36-28)21-34-26(23-5-7-24(32)8-6-23)10-14-39-19-17-38(4)18-20-39/h5-9,13,22,26,34H,10-12,14-21H2,1-4H3,(H,37,41)(H,33,35,36). The Morgan fingerprint density at radius 3 is 2.48 bits per heavy atom. The minimum Gasteiger partial charge on any atom is -0.444 e. The summed E-state index contributed by atoms with van der Waals surface area (Å²) in [5, 5.41) is 8.90. The third-order valence-electron chi connectivity index (χ3n) is 8.41. The van der Waals surface area contributed by atoms with Gasteiger partial charge in [-0.3, -0.25) is 0 Å². The first-order chi connectivity index (χ1) is 20.1. The van der Waals surface area contributed by atoms with Gasteiger partial charge in [-0.25, -0.2) is 14.8 Å². The summed E-state index contributed by atoms with van der Waals surface area (Å²) < 4.78 is 5.72. The van der Waals surface area contributed by atoms with Gasteiger partial charge in [-0.15, -0.1) is 0 Å². The van der Waals surface area contributed by atoms with Gasteiger partial charge in [0.1, 0.15) is 23.4 Å². The molecule has 10 nitrogen and oxygen atoms in total. The van der Waals surface area contributed by atoms with Crippen LogP contribution in [0, 0.1) is 0 Å². The number of aromatic nitrogens is 3. The molecule has 2 aliphatic heterocycles. The van der Waals surface area contributed by atoms with Crippen molar-refractivity contribution < 1.29 is 9.53 Å². The first-order valence-corrected chi connectivity index (χ1v) is 15.4. The van der Waals surface area contributed by atoms with Crippen LogP contribution in [0.3, 0.4) is 0 Å². The molecule has 42 heavy (non-hydrogen) atoms. The number of aromatic amines is 1. The number of alkyl carbamates (subject to hydrolysis) is 1. The maximum absolute atomic E-state index is 13.1. The third-order valence-corrected chi connectivity index (χ3v) is 8.66. The van der Waals surface area contributed by atoms with Crippen LogP contribution in [0.2, 0.25) is 5.02 Å². The summed E-state index contributed by atoms with van der Waals surface area (Å²) in [4.78, 5) is 32.4. The number of H-pyrrole nitrogens is 1. The molecule has 3 N–H and O–H groups in total. The SMILES string of the molecule is CN1CCN(CCC(NCC2(NC(=O)OC(C)(C)C)CCN(c3ncnc4[nH]ccc34)CC2)c2ccc(Cl)cc2)CC1. The number of hydrogen-bond donors (Lipinski definition) is 3. The molecule has 0 aliphatic carbocycles. The molecule has 2 fully saturated rings. The fraction of sp³-hybridized carbons (Fsp3) is 0.581. The number of hydrogen-bond acceptors (Lipinski definition) is 8. The van der Waals surface area contributed by atoms with E-state index in [4.69, 9.17) is 16.3 Å². The highest BCUT2D eigenvalue weighted by molar-refractivity contribution is 6.30. The summed E-state index contributed by atoms with van der Waals surface area (Å²) in [7, 11) is 2.18. The van der Waals surface area contributed by atoms with Crippen LogP contribution in [0.5, 0.6) is 0 Å². The maximum atomic E-state index is 13.1. The van der Waals surface area contributed by atoms with Gasteiger partial charge in [-0.05, 0) is 70.8 Å². The second-order valence-electron chi connectivity index (χ2n) is 12.8. The molecule has 1 amide bonds. The Hall–Kier alpha value is -2.92. The molecule has 0 spiro atoms. The fourth-order valence-corrected chi connectivity index (χ4v) is 6.03. The zero-order chi connectivity index (χ0) is 29.7. The molecule has 0 bridgehead atoms. The van der Waals surface area contributed by atoms with Gasteiger partial charge in [-0.2, -0.15) is 0 Å². The first-order valence-electron chi connectivity index (χ1n) is 15.0. The van der Waals surface area contributed by atoms with Crippen molar-refractivity contribution in [2.75, 3.05) is 64.3 Å². The molecule has 1 aromatic carbocycles. The van der Waals surface area contributed by atoms with Crippen molar-refractivity contribution in [3.63, 3.8) is 0 Å². The number of ether oxygens (including phenoxy) is 1. The van der Waals surface area contributed by atoms with Crippen molar-refractivity contribution in [3.8, 4) is 0 Å². The monoisotopic (exact) mass is 596 g/mol. The van der Waals surface area contributed by atoms with Gasteiger partial charge in [0.05, 0.1) is 10.9 Å². The molecule has 2 aliphatic rings. The van der Waals surface area contributed by atoms with Gasteiger partial charge in [0.2, 0.25) is 0 Å². The molecule has 4 heterocycles. The Balaban J connectivity index is 1.31. The van der Waals surface area contributed by atoms with Gasteiger partial charge in [0.25, 0.3) is 0 Å². The van der Waals surface area contributed by atoms with Crippen LogP contribution in [0.4, 0.5) is 10.6 Å². The predicted octanol–water partition coefficient (Wildman–Crippen LogP) is 4.44. The Labute approximate surface area is 254 Å². The van der Waals surface area contributed by atoms with E-state index in [0.29, 0.717) is 6.54 Å². The van der Waals surface area contributed by atoms with Crippen molar-refractivity contribution >= 4 is 34.5 Å². The average molecular weight is 597 g/mol. The van der Waals surface area contributed by atoms with Crippen molar-refractivity contribution in [1.82, 2.24) is 35.4 Å². The lowest BCUT2D eigenvalue weighted by Gasteiger charge is -2.44. The Morgan fingerprint density at radius 1 is 1.07 bits per heavy atom. The number of nitrogens with one attached hydrogen (secondary N) is 3. The first kappa shape index (κ1) is 30.5. The lowest BCUT2D eigenvalue weighted by atomic mass is 9.86. The molecule has 1 unspecified atom stereocenters. The molecular weight excluding hydrogens is 552 g/mol.